The maximum Gasteiger partial charge on any atom is 0.244 e. The number of aromatic nitrogens is 2. The van der Waals surface area contributed by atoms with E-state index < -0.39 is 0 Å². The number of rotatable bonds is 5. The first-order valence-corrected chi connectivity index (χ1v) is 7.37. The maximum absolute atomic E-state index is 11.8. The van der Waals surface area contributed by atoms with Crippen molar-refractivity contribution >= 4 is 17.9 Å². The van der Waals surface area contributed by atoms with E-state index in [2.05, 4.69) is 20.2 Å². The highest BCUT2D eigenvalue weighted by Crippen LogP contribution is 2.15. The van der Waals surface area contributed by atoms with Crippen molar-refractivity contribution in [2.24, 2.45) is 0 Å². The van der Waals surface area contributed by atoms with Gasteiger partial charge < -0.3 is 14.6 Å². The van der Waals surface area contributed by atoms with E-state index in [0.29, 0.717) is 12.3 Å². The topological polar surface area (TPSA) is 71.3 Å². The highest BCUT2D eigenvalue weighted by atomic mass is 16.3. The van der Waals surface area contributed by atoms with E-state index >= 15 is 0 Å². The molecule has 3 heterocycles. The zero-order chi connectivity index (χ0) is 15.2. The van der Waals surface area contributed by atoms with Gasteiger partial charge in [0.1, 0.15) is 5.76 Å². The molecule has 0 aliphatic carbocycles. The number of carbonyl (C=O) groups excluding carboxylic acids is 1. The van der Waals surface area contributed by atoms with Gasteiger partial charge in [-0.05, 0) is 37.1 Å². The van der Waals surface area contributed by atoms with Crippen molar-refractivity contribution in [2.75, 3.05) is 18.0 Å². The van der Waals surface area contributed by atoms with Gasteiger partial charge in [-0.15, -0.1) is 0 Å². The Labute approximate surface area is 128 Å². The maximum atomic E-state index is 11.8. The van der Waals surface area contributed by atoms with Gasteiger partial charge >= 0.3 is 0 Å². The van der Waals surface area contributed by atoms with E-state index in [1.807, 2.05) is 6.07 Å². The van der Waals surface area contributed by atoms with Gasteiger partial charge in [0.2, 0.25) is 11.9 Å². The second kappa shape index (κ2) is 6.89. The Morgan fingerprint density at radius 2 is 2.23 bits per heavy atom. The largest absolute Gasteiger partial charge is 0.465 e. The van der Waals surface area contributed by atoms with E-state index in [1.54, 1.807) is 30.7 Å². The molecule has 0 aromatic carbocycles. The smallest absolute Gasteiger partial charge is 0.244 e. The lowest BCUT2D eigenvalue weighted by Gasteiger charge is -2.15. The lowest BCUT2D eigenvalue weighted by Crippen LogP contribution is -2.23. The van der Waals surface area contributed by atoms with Crippen LogP contribution in [0.25, 0.3) is 6.08 Å². The second-order valence-corrected chi connectivity index (χ2v) is 5.11. The minimum absolute atomic E-state index is 0.183. The van der Waals surface area contributed by atoms with E-state index in [-0.39, 0.29) is 5.91 Å². The Kier molecular flexibility index (Phi) is 4.48. The molecule has 0 atom stereocenters. The number of carbonyl (C=O) groups is 1. The van der Waals surface area contributed by atoms with E-state index in [1.165, 1.54) is 18.9 Å². The van der Waals surface area contributed by atoms with E-state index in [4.69, 9.17) is 4.42 Å². The molecule has 1 aliphatic heterocycles. The molecule has 0 saturated carbocycles. The highest BCUT2D eigenvalue weighted by Gasteiger charge is 2.14. The molecule has 22 heavy (non-hydrogen) atoms. The summed E-state index contributed by atoms with van der Waals surface area (Å²) < 4.78 is 5.13. The summed E-state index contributed by atoms with van der Waals surface area (Å²) in [6.07, 6.45) is 8.75. The fourth-order valence-electron chi connectivity index (χ4n) is 2.33. The third-order valence-corrected chi connectivity index (χ3v) is 3.48. The number of hydrogen-bond acceptors (Lipinski definition) is 5. The Bertz CT molecular complexity index is 646. The Morgan fingerprint density at radius 1 is 1.36 bits per heavy atom. The van der Waals surface area contributed by atoms with Gasteiger partial charge in [0, 0.05) is 25.4 Å². The average molecular weight is 298 g/mol. The molecule has 2 aromatic rings. The molecule has 0 radical (unpaired) electrons. The van der Waals surface area contributed by atoms with Gasteiger partial charge in [-0.2, -0.15) is 0 Å². The number of nitrogens with zero attached hydrogens (tertiary/aromatic N) is 3. The number of anilines is 1. The molecule has 1 saturated heterocycles. The van der Waals surface area contributed by atoms with Crippen molar-refractivity contribution in [3.8, 4) is 0 Å². The van der Waals surface area contributed by atoms with Crippen LogP contribution in [0.2, 0.25) is 0 Å². The summed E-state index contributed by atoms with van der Waals surface area (Å²) in [5.74, 6) is 1.21. The van der Waals surface area contributed by atoms with Crippen LogP contribution in [0.1, 0.15) is 24.3 Å². The molecular formula is C16H18N4O2. The van der Waals surface area contributed by atoms with Gasteiger partial charge in [0.25, 0.3) is 0 Å². The molecule has 114 valence electrons. The predicted molar refractivity (Wildman–Crippen MR) is 83.1 cm³/mol. The van der Waals surface area contributed by atoms with Crippen LogP contribution in [-0.2, 0) is 11.3 Å². The summed E-state index contributed by atoms with van der Waals surface area (Å²) in [7, 11) is 0. The summed E-state index contributed by atoms with van der Waals surface area (Å²) in [6.45, 7) is 2.38. The summed E-state index contributed by atoms with van der Waals surface area (Å²) in [5, 5.41) is 2.80. The minimum atomic E-state index is -0.183. The zero-order valence-electron chi connectivity index (χ0n) is 12.2. The normalized spacial score (nSPS) is 14.6. The fourth-order valence-corrected chi connectivity index (χ4v) is 2.33. The lowest BCUT2D eigenvalue weighted by molar-refractivity contribution is -0.116. The molecular weight excluding hydrogens is 280 g/mol. The Balaban J connectivity index is 1.54. The van der Waals surface area contributed by atoms with Crippen molar-refractivity contribution < 1.29 is 9.21 Å². The minimum Gasteiger partial charge on any atom is -0.465 e. The fraction of sp³-hybridized carbons (Fsp3) is 0.312. The lowest BCUT2D eigenvalue weighted by atomic mass is 10.3. The van der Waals surface area contributed by atoms with E-state index in [0.717, 1.165) is 24.7 Å². The van der Waals surface area contributed by atoms with Gasteiger partial charge in [0.05, 0.1) is 18.5 Å². The van der Waals surface area contributed by atoms with Crippen molar-refractivity contribution in [3.63, 3.8) is 0 Å². The average Bonchev–Trinajstić information content (AvgIpc) is 3.24. The molecule has 1 amide bonds. The molecule has 6 heteroatoms. The molecule has 1 aliphatic rings. The number of nitrogens with one attached hydrogen (secondary N) is 1. The second-order valence-electron chi connectivity index (χ2n) is 5.11. The van der Waals surface area contributed by atoms with Crippen LogP contribution in [-0.4, -0.2) is 29.0 Å². The Morgan fingerprint density at radius 3 is 3.00 bits per heavy atom. The first-order valence-electron chi connectivity index (χ1n) is 7.37. The Hall–Kier alpha value is -2.63. The van der Waals surface area contributed by atoms with Gasteiger partial charge in [-0.3, -0.25) is 4.79 Å². The number of amides is 1. The van der Waals surface area contributed by atoms with Crippen molar-refractivity contribution in [1.82, 2.24) is 15.3 Å². The first-order chi connectivity index (χ1) is 10.8. The van der Waals surface area contributed by atoms with Gasteiger partial charge in [0.15, 0.2) is 0 Å². The summed E-state index contributed by atoms with van der Waals surface area (Å²) in [5.41, 5.74) is 0.802. The summed E-state index contributed by atoms with van der Waals surface area (Å²) >= 11 is 0. The van der Waals surface area contributed by atoms with Crippen LogP contribution < -0.4 is 10.2 Å². The van der Waals surface area contributed by atoms with Crippen molar-refractivity contribution in [2.45, 2.75) is 19.4 Å². The van der Waals surface area contributed by atoms with E-state index in [9.17, 15) is 4.79 Å². The van der Waals surface area contributed by atoms with Crippen LogP contribution in [0.5, 0.6) is 0 Å². The SMILES string of the molecule is O=C(C=Cc1ccco1)NCc1ccnc(N2CCCC2)n1. The molecule has 0 bridgehead atoms. The van der Waals surface area contributed by atoms with Gasteiger partial charge in [-0.25, -0.2) is 9.97 Å². The molecule has 2 aromatic heterocycles. The highest BCUT2D eigenvalue weighted by molar-refractivity contribution is 5.91. The van der Waals surface area contributed by atoms with Crippen LogP contribution in [0.4, 0.5) is 5.95 Å². The third kappa shape index (κ3) is 3.72. The molecule has 1 fully saturated rings. The molecule has 3 rings (SSSR count). The van der Waals surface area contributed by atoms with Crippen LogP contribution in [0.3, 0.4) is 0 Å². The third-order valence-electron chi connectivity index (χ3n) is 3.48. The standard InChI is InChI=1S/C16H18N4O2/c21-15(6-5-14-4-3-11-22-14)18-12-13-7-8-17-16(19-13)20-9-1-2-10-20/h3-8,11H,1-2,9-10,12H2,(H,18,21). The summed E-state index contributed by atoms with van der Waals surface area (Å²) in [4.78, 5) is 22.7. The molecule has 0 unspecified atom stereocenters. The van der Waals surface area contributed by atoms with Gasteiger partial charge in [-0.1, -0.05) is 0 Å². The summed E-state index contributed by atoms with van der Waals surface area (Å²) in [6, 6.07) is 5.38. The van der Waals surface area contributed by atoms with Crippen molar-refractivity contribution in [1.29, 1.82) is 0 Å². The molecule has 0 spiro atoms. The van der Waals surface area contributed by atoms with Crippen molar-refractivity contribution in [3.05, 3.63) is 48.2 Å². The number of furan rings is 1. The van der Waals surface area contributed by atoms with Crippen LogP contribution in [0.15, 0.2) is 41.2 Å². The quantitative estimate of drug-likeness (QED) is 0.855. The molecule has 6 nitrogen and oxygen atoms in total. The van der Waals surface area contributed by atoms with Crippen LogP contribution in [0, 0.1) is 0 Å². The monoisotopic (exact) mass is 298 g/mol. The predicted octanol–water partition coefficient (Wildman–Crippen LogP) is 2.00. The van der Waals surface area contributed by atoms with Crippen LogP contribution >= 0.6 is 0 Å². The zero-order valence-corrected chi connectivity index (χ0v) is 12.2. The molecule has 1 N–H and O–H groups in total. The first kappa shape index (κ1) is 14.3. The number of hydrogen-bond donors (Lipinski definition) is 1.